The quantitative estimate of drug-likeness (QED) is 0.582. The van der Waals surface area contributed by atoms with Crippen molar-refractivity contribution in [2.24, 2.45) is 23.0 Å². The molecule has 0 spiro atoms. The molecule has 0 saturated heterocycles. The molecule has 0 aromatic rings. The average molecular weight is 286 g/mol. The molecule has 116 valence electrons. The minimum absolute atomic E-state index is 0.0172. The van der Waals surface area contributed by atoms with E-state index in [4.69, 9.17) is 15.9 Å². The number of aliphatic hydroxyl groups excluding tert-OH is 1. The van der Waals surface area contributed by atoms with Crippen molar-refractivity contribution in [1.29, 1.82) is 0 Å². The Morgan fingerprint density at radius 3 is 2.55 bits per heavy atom. The minimum Gasteiger partial charge on any atom is -0.479 e. The van der Waals surface area contributed by atoms with Gasteiger partial charge in [0.2, 0.25) is 5.91 Å². The van der Waals surface area contributed by atoms with Gasteiger partial charge in [-0.2, -0.15) is 0 Å². The summed E-state index contributed by atoms with van der Waals surface area (Å²) in [5, 5.41) is 20.5. The standard InChI is InChI=1S/C14H26N2O4/c1-8-10(15)5-4-9(14(8,2)3)12(18)16-7-6-11(17)13(19)20/h8-11,17H,4-7,15H2,1-3H3,(H,16,18)(H,19,20). The minimum atomic E-state index is -1.43. The van der Waals surface area contributed by atoms with Crippen LogP contribution in [0.15, 0.2) is 0 Å². The van der Waals surface area contributed by atoms with Crippen LogP contribution in [-0.2, 0) is 9.59 Å². The molecule has 0 aliphatic heterocycles. The van der Waals surface area contributed by atoms with E-state index in [1.165, 1.54) is 0 Å². The number of hydrogen-bond donors (Lipinski definition) is 4. The molecule has 1 saturated carbocycles. The Morgan fingerprint density at radius 1 is 1.40 bits per heavy atom. The molecule has 20 heavy (non-hydrogen) atoms. The predicted molar refractivity (Wildman–Crippen MR) is 74.9 cm³/mol. The van der Waals surface area contributed by atoms with E-state index in [9.17, 15) is 9.59 Å². The third-order valence-corrected chi connectivity index (χ3v) is 4.82. The number of carbonyl (C=O) groups is 2. The van der Waals surface area contributed by atoms with Crippen molar-refractivity contribution >= 4 is 11.9 Å². The van der Waals surface area contributed by atoms with E-state index in [2.05, 4.69) is 12.2 Å². The Morgan fingerprint density at radius 2 is 2.00 bits per heavy atom. The van der Waals surface area contributed by atoms with Gasteiger partial charge < -0.3 is 21.3 Å². The predicted octanol–water partition coefficient (Wildman–Crippen LogP) is 0.338. The molecule has 1 fully saturated rings. The van der Waals surface area contributed by atoms with Gasteiger partial charge in [0.25, 0.3) is 0 Å². The summed E-state index contributed by atoms with van der Waals surface area (Å²) in [5.41, 5.74) is 5.87. The van der Waals surface area contributed by atoms with Crippen LogP contribution in [-0.4, -0.2) is 40.8 Å². The Kier molecular flexibility index (Phi) is 5.53. The largest absolute Gasteiger partial charge is 0.479 e. The van der Waals surface area contributed by atoms with Crippen molar-refractivity contribution < 1.29 is 19.8 Å². The van der Waals surface area contributed by atoms with Gasteiger partial charge in [0, 0.05) is 24.9 Å². The highest BCUT2D eigenvalue weighted by molar-refractivity contribution is 5.79. The van der Waals surface area contributed by atoms with E-state index in [0.29, 0.717) is 0 Å². The lowest BCUT2D eigenvalue weighted by atomic mass is 9.61. The number of amides is 1. The number of nitrogens with one attached hydrogen (secondary N) is 1. The summed E-state index contributed by atoms with van der Waals surface area (Å²) in [6.45, 7) is 6.33. The lowest BCUT2D eigenvalue weighted by Crippen LogP contribution is -2.51. The number of carboxylic acids is 1. The van der Waals surface area contributed by atoms with Gasteiger partial charge >= 0.3 is 5.97 Å². The lowest BCUT2D eigenvalue weighted by Gasteiger charge is -2.46. The van der Waals surface area contributed by atoms with Gasteiger partial charge in [-0.3, -0.25) is 4.79 Å². The maximum absolute atomic E-state index is 12.2. The van der Waals surface area contributed by atoms with E-state index in [0.717, 1.165) is 12.8 Å². The number of carbonyl (C=O) groups excluding carboxylic acids is 1. The summed E-state index contributed by atoms with van der Waals surface area (Å²) in [6.07, 6.45) is 0.150. The molecule has 0 bridgehead atoms. The highest BCUT2D eigenvalue weighted by atomic mass is 16.4. The smallest absolute Gasteiger partial charge is 0.332 e. The first-order valence-electron chi connectivity index (χ1n) is 7.12. The van der Waals surface area contributed by atoms with Crippen LogP contribution in [0.4, 0.5) is 0 Å². The van der Waals surface area contributed by atoms with Crippen LogP contribution < -0.4 is 11.1 Å². The van der Waals surface area contributed by atoms with Gasteiger partial charge in [-0.25, -0.2) is 4.79 Å². The molecule has 1 aliphatic carbocycles. The zero-order valence-corrected chi connectivity index (χ0v) is 12.4. The molecule has 0 heterocycles. The summed E-state index contributed by atoms with van der Waals surface area (Å²) in [5.74, 6) is -1.22. The second-order valence-electron chi connectivity index (χ2n) is 6.34. The van der Waals surface area contributed by atoms with E-state index in [1.807, 2.05) is 13.8 Å². The molecule has 4 unspecified atom stereocenters. The Bertz CT molecular complexity index is 370. The van der Waals surface area contributed by atoms with Crippen molar-refractivity contribution in [3.63, 3.8) is 0 Å². The topological polar surface area (TPSA) is 113 Å². The fourth-order valence-electron chi connectivity index (χ4n) is 2.90. The molecular weight excluding hydrogens is 260 g/mol. The fourth-order valence-corrected chi connectivity index (χ4v) is 2.90. The number of rotatable bonds is 5. The summed E-state index contributed by atoms with van der Waals surface area (Å²) in [6, 6.07) is 0.114. The van der Waals surface area contributed by atoms with Gasteiger partial charge in [0.15, 0.2) is 6.10 Å². The molecule has 5 N–H and O–H groups in total. The lowest BCUT2D eigenvalue weighted by molar-refractivity contribution is -0.147. The average Bonchev–Trinajstić information content (AvgIpc) is 2.35. The van der Waals surface area contributed by atoms with Crippen LogP contribution in [0.2, 0.25) is 0 Å². The number of aliphatic hydroxyl groups is 1. The molecular formula is C14H26N2O4. The Labute approximate surface area is 119 Å². The SMILES string of the molecule is CC1C(N)CCC(C(=O)NCCC(O)C(=O)O)C1(C)C. The van der Waals surface area contributed by atoms with E-state index >= 15 is 0 Å². The van der Waals surface area contributed by atoms with Gasteiger partial charge in [-0.15, -0.1) is 0 Å². The van der Waals surface area contributed by atoms with Crippen LogP contribution in [0.5, 0.6) is 0 Å². The zero-order valence-electron chi connectivity index (χ0n) is 12.4. The molecule has 0 radical (unpaired) electrons. The normalized spacial score (nSPS) is 30.6. The second-order valence-corrected chi connectivity index (χ2v) is 6.34. The fraction of sp³-hybridized carbons (Fsp3) is 0.857. The molecule has 0 aromatic carbocycles. The van der Waals surface area contributed by atoms with Crippen LogP contribution in [0.3, 0.4) is 0 Å². The third kappa shape index (κ3) is 3.70. The van der Waals surface area contributed by atoms with E-state index in [-0.39, 0.29) is 42.2 Å². The number of hydrogen-bond acceptors (Lipinski definition) is 4. The van der Waals surface area contributed by atoms with Gasteiger partial charge in [-0.05, 0) is 24.2 Å². The second kappa shape index (κ2) is 6.54. The van der Waals surface area contributed by atoms with Crippen LogP contribution >= 0.6 is 0 Å². The van der Waals surface area contributed by atoms with Crippen molar-refractivity contribution in [1.82, 2.24) is 5.32 Å². The first-order chi connectivity index (χ1) is 9.17. The first kappa shape index (κ1) is 16.9. The number of aliphatic carboxylic acids is 1. The van der Waals surface area contributed by atoms with Crippen molar-refractivity contribution in [2.45, 2.75) is 52.2 Å². The van der Waals surface area contributed by atoms with Gasteiger partial charge in [0.1, 0.15) is 0 Å². The maximum Gasteiger partial charge on any atom is 0.332 e. The van der Waals surface area contributed by atoms with E-state index in [1.54, 1.807) is 0 Å². The van der Waals surface area contributed by atoms with Crippen LogP contribution in [0.25, 0.3) is 0 Å². The van der Waals surface area contributed by atoms with Crippen LogP contribution in [0, 0.1) is 17.3 Å². The van der Waals surface area contributed by atoms with E-state index < -0.39 is 12.1 Å². The highest BCUT2D eigenvalue weighted by Crippen LogP contribution is 2.44. The number of carboxylic acid groups (broad SMARTS) is 1. The molecule has 1 amide bonds. The highest BCUT2D eigenvalue weighted by Gasteiger charge is 2.44. The van der Waals surface area contributed by atoms with Crippen molar-refractivity contribution in [2.75, 3.05) is 6.54 Å². The van der Waals surface area contributed by atoms with Gasteiger partial charge in [-0.1, -0.05) is 20.8 Å². The molecule has 0 aromatic heterocycles. The Hall–Kier alpha value is -1.14. The molecule has 4 atom stereocenters. The molecule has 1 aliphatic rings. The molecule has 6 heteroatoms. The maximum atomic E-state index is 12.2. The Balaban J connectivity index is 2.53. The first-order valence-corrected chi connectivity index (χ1v) is 7.12. The number of nitrogens with two attached hydrogens (primary N) is 1. The summed E-state index contributed by atoms with van der Waals surface area (Å²) in [7, 11) is 0. The third-order valence-electron chi connectivity index (χ3n) is 4.82. The molecule has 1 rings (SSSR count). The molecule has 6 nitrogen and oxygen atoms in total. The summed E-state index contributed by atoms with van der Waals surface area (Å²) < 4.78 is 0. The van der Waals surface area contributed by atoms with Crippen molar-refractivity contribution in [3.8, 4) is 0 Å². The summed E-state index contributed by atoms with van der Waals surface area (Å²) >= 11 is 0. The van der Waals surface area contributed by atoms with Crippen molar-refractivity contribution in [3.05, 3.63) is 0 Å². The van der Waals surface area contributed by atoms with Crippen LogP contribution in [0.1, 0.15) is 40.0 Å². The zero-order chi connectivity index (χ0) is 15.5. The summed E-state index contributed by atoms with van der Waals surface area (Å²) in [4.78, 5) is 22.7. The monoisotopic (exact) mass is 286 g/mol. The van der Waals surface area contributed by atoms with Gasteiger partial charge in [0.05, 0.1) is 0 Å².